The van der Waals surface area contributed by atoms with Crippen molar-refractivity contribution in [3.8, 4) is 17.2 Å². The van der Waals surface area contributed by atoms with E-state index in [4.69, 9.17) is 15.6 Å². The minimum absolute atomic E-state index is 0.0268. The quantitative estimate of drug-likeness (QED) is 0.734. The summed E-state index contributed by atoms with van der Waals surface area (Å²) in [5.41, 5.74) is 0.0268. The Bertz CT molecular complexity index is 980. The summed E-state index contributed by atoms with van der Waals surface area (Å²) in [7, 11) is 1.56. The third-order valence-corrected chi connectivity index (χ3v) is 3.81. The number of hydrogen-bond donors (Lipinski definition) is 1. The standard InChI is InChI=1S/C17H12O5/c1-20-13-4-2-3-10-9(13)5-6-11-12(17(18)19)7-14-16(15(10)11)22-8-21-14/h2-7H,8H2,1H3,(H,18,19)/i6D. The molecule has 0 aliphatic carbocycles. The molecule has 0 amide bonds. The van der Waals surface area contributed by atoms with Gasteiger partial charge in [0.25, 0.3) is 0 Å². The lowest BCUT2D eigenvalue weighted by Gasteiger charge is -2.12. The third-order valence-electron chi connectivity index (χ3n) is 3.81. The first-order valence-electron chi connectivity index (χ1n) is 7.17. The summed E-state index contributed by atoms with van der Waals surface area (Å²) in [5.74, 6) is 0.359. The number of carbonyl (C=O) groups is 1. The van der Waals surface area contributed by atoms with Gasteiger partial charge in [0.15, 0.2) is 11.5 Å². The molecular weight excluding hydrogens is 284 g/mol. The van der Waals surface area contributed by atoms with Crippen LogP contribution in [0.5, 0.6) is 17.2 Å². The van der Waals surface area contributed by atoms with Crippen LogP contribution in [-0.4, -0.2) is 25.0 Å². The highest BCUT2D eigenvalue weighted by Gasteiger charge is 2.24. The lowest BCUT2D eigenvalue weighted by molar-refractivity contribution is 0.0698. The van der Waals surface area contributed by atoms with E-state index in [2.05, 4.69) is 0 Å². The molecule has 1 aliphatic heterocycles. The summed E-state index contributed by atoms with van der Waals surface area (Å²) in [6.07, 6.45) is 0. The summed E-state index contributed by atoms with van der Waals surface area (Å²) >= 11 is 0. The van der Waals surface area contributed by atoms with E-state index in [0.29, 0.717) is 28.0 Å². The normalized spacial score (nSPS) is 13.4. The minimum Gasteiger partial charge on any atom is -0.496 e. The fourth-order valence-electron chi connectivity index (χ4n) is 2.85. The monoisotopic (exact) mass is 297 g/mol. The van der Waals surface area contributed by atoms with Gasteiger partial charge in [-0.1, -0.05) is 18.2 Å². The third kappa shape index (κ3) is 1.62. The van der Waals surface area contributed by atoms with Crippen LogP contribution in [0.2, 0.25) is 0 Å². The van der Waals surface area contributed by atoms with Crippen LogP contribution >= 0.6 is 0 Å². The Labute approximate surface area is 127 Å². The van der Waals surface area contributed by atoms with E-state index >= 15 is 0 Å². The number of methoxy groups -OCH3 is 1. The second kappa shape index (κ2) is 4.53. The number of carboxylic acids is 1. The average Bonchev–Trinajstić information content (AvgIpc) is 3.01. The number of benzene rings is 3. The zero-order chi connectivity index (χ0) is 16.1. The fraction of sp³-hybridized carbons (Fsp3) is 0.118. The van der Waals surface area contributed by atoms with Crippen molar-refractivity contribution in [3.05, 3.63) is 41.9 Å². The molecule has 0 saturated heterocycles. The number of hydrogen-bond acceptors (Lipinski definition) is 4. The highest BCUT2D eigenvalue weighted by atomic mass is 16.7. The molecule has 0 spiro atoms. The Balaban J connectivity index is 2.29. The van der Waals surface area contributed by atoms with Gasteiger partial charge < -0.3 is 19.3 Å². The van der Waals surface area contributed by atoms with E-state index < -0.39 is 5.97 Å². The topological polar surface area (TPSA) is 65.0 Å². The van der Waals surface area contributed by atoms with Crippen molar-refractivity contribution < 1.29 is 25.5 Å². The molecule has 0 radical (unpaired) electrons. The molecule has 0 fully saturated rings. The molecule has 22 heavy (non-hydrogen) atoms. The SMILES string of the molecule is [2H]c1cc2c(OC)cccc2c2c3c(cc(C(=O)O)c12)OCO3. The first-order valence-corrected chi connectivity index (χ1v) is 6.67. The molecule has 4 rings (SSSR count). The van der Waals surface area contributed by atoms with Gasteiger partial charge in [-0.15, -0.1) is 0 Å². The molecule has 0 unspecified atom stereocenters. The van der Waals surface area contributed by atoms with Crippen LogP contribution in [0.3, 0.4) is 0 Å². The van der Waals surface area contributed by atoms with Gasteiger partial charge >= 0.3 is 5.97 Å². The van der Waals surface area contributed by atoms with Gasteiger partial charge in [-0.3, -0.25) is 0 Å². The Morgan fingerprint density at radius 3 is 2.91 bits per heavy atom. The van der Waals surface area contributed by atoms with Crippen molar-refractivity contribution in [1.82, 2.24) is 0 Å². The van der Waals surface area contributed by atoms with Crippen molar-refractivity contribution in [3.63, 3.8) is 0 Å². The number of ether oxygens (including phenoxy) is 3. The molecule has 5 nitrogen and oxygen atoms in total. The number of aromatic carboxylic acids is 1. The van der Waals surface area contributed by atoms with E-state index in [1.54, 1.807) is 19.2 Å². The fourth-order valence-corrected chi connectivity index (χ4v) is 2.85. The Hall–Kier alpha value is -2.95. The van der Waals surface area contributed by atoms with E-state index in [0.717, 1.165) is 10.8 Å². The first-order chi connectivity index (χ1) is 11.1. The van der Waals surface area contributed by atoms with Crippen LogP contribution in [0.1, 0.15) is 11.7 Å². The Morgan fingerprint density at radius 2 is 2.14 bits per heavy atom. The zero-order valence-corrected chi connectivity index (χ0v) is 11.7. The van der Waals surface area contributed by atoms with Gasteiger partial charge in [-0.2, -0.15) is 0 Å². The number of rotatable bonds is 2. The van der Waals surface area contributed by atoms with Gasteiger partial charge in [0.05, 0.1) is 14.0 Å². The molecule has 3 aromatic carbocycles. The molecule has 1 aliphatic rings. The van der Waals surface area contributed by atoms with Crippen molar-refractivity contribution in [2.24, 2.45) is 0 Å². The van der Waals surface area contributed by atoms with Gasteiger partial charge in [0.1, 0.15) is 5.75 Å². The van der Waals surface area contributed by atoms with E-state index in [-0.39, 0.29) is 18.4 Å². The smallest absolute Gasteiger partial charge is 0.336 e. The predicted octanol–water partition coefficient (Wildman–Crippen LogP) is 3.43. The maximum atomic E-state index is 11.6. The molecule has 0 saturated carbocycles. The van der Waals surface area contributed by atoms with Gasteiger partial charge in [0.2, 0.25) is 6.79 Å². The average molecular weight is 297 g/mol. The van der Waals surface area contributed by atoms with Crippen LogP contribution in [0, 0.1) is 0 Å². The second-order valence-corrected chi connectivity index (χ2v) is 4.92. The Morgan fingerprint density at radius 1 is 1.27 bits per heavy atom. The summed E-state index contributed by atoms with van der Waals surface area (Å²) in [4.78, 5) is 11.6. The maximum Gasteiger partial charge on any atom is 0.336 e. The highest BCUT2D eigenvalue weighted by Crippen LogP contribution is 2.45. The van der Waals surface area contributed by atoms with E-state index in [9.17, 15) is 9.90 Å². The van der Waals surface area contributed by atoms with Crippen molar-refractivity contribution >= 4 is 27.5 Å². The lowest BCUT2D eigenvalue weighted by atomic mass is 9.96. The van der Waals surface area contributed by atoms with Gasteiger partial charge in [-0.05, 0) is 23.6 Å². The Kier molecular flexibility index (Phi) is 2.40. The molecule has 0 aromatic heterocycles. The van der Waals surface area contributed by atoms with Crippen LogP contribution in [0.4, 0.5) is 0 Å². The molecule has 1 heterocycles. The largest absolute Gasteiger partial charge is 0.496 e. The second-order valence-electron chi connectivity index (χ2n) is 4.92. The number of fused-ring (bicyclic) bond motifs is 5. The van der Waals surface area contributed by atoms with Gasteiger partial charge in [-0.25, -0.2) is 4.79 Å². The summed E-state index contributed by atoms with van der Waals surface area (Å²) in [5, 5.41) is 11.9. The summed E-state index contributed by atoms with van der Waals surface area (Å²) in [6.45, 7) is 0.0290. The highest BCUT2D eigenvalue weighted by molar-refractivity contribution is 6.18. The zero-order valence-electron chi connectivity index (χ0n) is 12.7. The predicted molar refractivity (Wildman–Crippen MR) is 81.1 cm³/mol. The van der Waals surface area contributed by atoms with Crippen molar-refractivity contribution in [1.29, 1.82) is 0 Å². The molecule has 0 bridgehead atoms. The van der Waals surface area contributed by atoms with Crippen LogP contribution in [0.15, 0.2) is 36.4 Å². The van der Waals surface area contributed by atoms with Crippen molar-refractivity contribution in [2.75, 3.05) is 13.9 Å². The van der Waals surface area contributed by atoms with Crippen LogP contribution < -0.4 is 14.2 Å². The van der Waals surface area contributed by atoms with Crippen molar-refractivity contribution in [2.45, 2.75) is 0 Å². The molecule has 5 heteroatoms. The summed E-state index contributed by atoms with van der Waals surface area (Å²) in [6, 6.07) is 8.61. The summed E-state index contributed by atoms with van der Waals surface area (Å²) < 4.78 is 24.6. The maximum absolute atomic E-state index is 11.6. The molecule has 0 atom stereocenters. The lowest BCUT2D eigenvalue weighted by Crippen LogP contribution is -1.98. The van der Waals surface area contributed by atoms with Crippen LogP contribution in [0.25, 0.3) is 21.5 Å². The van der Waals surface area contributed by atoms with E-state index in [1.807, 2.05) is 12.1 Å². The molecule has 110 valence electrons. The first kappa shape index (κ1) is 11.7. The van der Waals surface area contributed by atoms with E-state index in [1.165, 1.54) is 6.07 Å². The molecule has 3 aromatic rings. The molecule has 1 N–H and O–H groups in total. The minimum atomic E-state index is -1.11. The molecular formula is C17H12O5. The number of carboxylic acid groups (broad SMARTS) is 1. The van der Waals surface area contributed by atoms with Crippen LogP contribution in [-0.2, 0) is 0 Å². The van der Waals surface area contributed by atoms with Gasteiger partial charge in [0, 0.05) is 16.2 Å².